The van der Waals surface area contributed by atoms with Crippen LogP contribution in [0, 0.1) is 12.7 Å². The molecular formula is C15H16FNO4. The molecule has 6 heteroatoms. The molecule has 1 amide bonds. The summed E-state index contributed by atoms with van der Waals surface area (Å²) in [5.74, 6) is -1.66. The first kappa shape index (κ1) is 15.0. The Bertz CT molecular complexity index is 692. The second-order valence-corrected chi connectivity index (χ2v) is 4.62. The van der Waals surface area contributed by atoms with Crippen molar-refractivity contribution in [1.29, 1.82) is 0 Å². The number of amides is 1. The minimum Gasteiger partial charge on any atom is -0.464 e. The summed E-state index contributed by atoms with van der Waals surface area (Å²) in [5.41, 5.74) is 0.557. The lowest BCUT2D eigenvalue weighted by molar-refractivity contribution is -0.144. The van der Waals surface area contributed by atoms with Crippen LogP contribution in [-0.4, -0.2) is 24.5 Å². The van der Waals surface area contributed by atoms with E-state index >= 15 is 0 Å². The molecule has 0 spiro atoms. The number of carbonyl (C=O) groups is 2. The smallest absolute Gasteiger partial charge is 0.328 e. The van der Waals surface area contributed by atoms with Crippen LogP contribution in [0.4, 0.5) is 4.39 Å². The normalized spacial score (nSPS) is 12.2. The summed E-state index contributed by atoms with van der Waals surface area (Å²) in [5, 5.41) is 3.00. The van der Waals surface area contributed by atoms with Crippen molar-refractivity contribution < 1.29 is 23.1 Å². The van der Waals surface area contributed by atoms with Gasteiger partial charge in [0.15, 0.2) is 17.2 Å². The quantitative estimate of drug-likeness (QED) is 0.880. The fourth-order valence-electron chi connectivity index (χ4n) is 2.01. The Morgan fingerprint density at radius 2 is 2.14 bits per heavy atom. The van der Waals surface area contributed by atoms with Gasteiger partial charge in [0.1, 0.15) is 6.04 Å². The lowest BCUT2D eigenvalue weighted by atomic mass is 10.1. The zero-order valence-corrected chi connectivity index (χ0v) is 12.0. The molecule has 0 bridgehead atoms. The van der Waals surface area contributed by atoms with Crippen LogP contribution in [-0.2, 0) is 9.53 Å². The highest BCUT2D eigenvalue weighted by Gasteiger charge is 2.23. The molecule has 0 aliphatic carbocycles. The van der Waals surface area contributed by atoms with Crippen molar-refractivity contribution in [2.75, 3.05) is 6.61 Å². The molecule has 0 fully saturated rings. The van der Waals surface area contributed by atoms with Crippen LogP contribution >= 0.6 is 0 Å². The van der Waals surface area contributed by atoms with E-state index in [0.29, 0.717) is 10.9 Å². The van der Waals surface area contributed by atoms with E-state index in [-0.39, 0.29) is 18.0 Å². The highest BCUT2D eigenvalue weighted by atomic mass is 19.1. The molecule has 1 N–H and O–H groups in total. The molecule has 1 heterocycles. The molecule has 1 unspecified atom stereocenters. The van der Waals surface area contributed by atoms with Gasteiger partial charge in [0.05, 0.1) is 6.61 Å². The molecule has 0 saturated carbocycles. The second kappa shape index (κ2) is 5.95. The van der Waals surface area contributed by atoms with Crippen molar-refractivity contribution >= 4 is 22.8 Å². The summed E-state index contributed by atoms with van der Waals surface area (Å²) in [4.78, 5) is 23.6. The van der Waals surface area contributed by atoms with E-state index in [1.165, 1.54) is 13.0 Å². The predicted molar refractivity (Wildman–Crippen MR) is 74.5 cm³/mol. The molecule has 1 aromatic heterocycles. The van der Waals surface area contributed by atoms with Gasteiger partial charge in [-0.15, -0.1) is 0 Å². The molecule has 2 rings (SSSR count). The number of aryl methyl sites for hydroxylation is 1. The van der Waals surface area contributed by atoms with Crippen LogP contribution < -0.4 is 5.32 Å². The molecule has 21 heavy (non-hydrogen) atoms. The number of rotatable bonds is 4. The first-order chi connectivity index (χ1) is 9.95. The molecule has 0 aliphatic heterocycles. The van der Waals surface area contributed by atoms with Gasteiger partial charge in [-0.2, -0.15) is 0 Å². The third-order valence-corrected chi connectivity index (χ3v) is 3.11. The average molecular weight is 293 g/mol. The number of halogens is 1. The Labute approximate surface area is 121 Å². The number of benzene rings is 1. The lowest BCUT2D eigenvalue weighted by Crippen LogP contribution is -2.39. The van der Waals surface area contributed by atoms with E-state index < -0.39 is 23.7 Å². The zero-order chi connectivity index (χ0) is 15.6. The molecule has 0 saturated heterocycles. The minimum atomic E-state index is -0.810. The lowest BCUT2D eigenvalue weighted by Gasteiger charge is -2.11. The number of fused-ring (bicyclic) bond motifs is 1. The molecule has 0 aliphatic rings. The van der Waals surface area contributed by atoms with Gasteiger partial charge in [-0.05, 0) is 26.8 Å². The van der Waals surface area contributed by atoms with Gasteiger partial charge >= 0.3 is 5.97 Å². The van der Waals surface area contributed by atoms with Gasteiger partial charge in [0.25, 0.3) is 5.91 Å². The molecule has 1 atom stereocenters. The van der Waals surface area contributed by atoms with Crippen LogP contribution in [0.3, 0.4) is 0 Å². The standard InChI is InChI=1S/C15H16FNO4/c1-4-20-15(19)9(3)17-14(18)12-8(2)10-6-5-7-11(16)13(10)21-12/h5-7,9H,4H2,1-3H3,(H,17,18). The number of para-hydroxylation sites is 1. The summed E-state index contributed by atoms with van der Waals surface area (Å²) >= 11 is 0. The average Bonchev–Trinajstić information content (AvgIpc) is 2.78. The van der Waals surface area contributed by atoms with Crippen LogP contribution in [0.2, 0.25) is 0 Å². The van der Waals surface area contributed by atoms with Gasteiger partial charge in [0.2, 0.25) is 0 Å². The maximum atomic E-state index is 13.6. The number of carbonyl (C=O) groups excluding carboxylic acids is 2. The largest absolute Gasteiger partial charge is 0.464 e. The van der Waals surface area contributed by atoms with Gasteiger partial charge in [0, 0.05) is 10.9 Å². The monoisotopic (exact) mass is 293 g/mol. The van der Waals surface area contributed by atoms with Crippen molar-refractivity contribution in [3.05, 3.63) is 35.3 Å². The summed E-state index contributed by atoms with van der Waals surface area (Å²) in [6.07, 6.45) is 0. The Morgan fingerprint density at radius 3 is 2.76 bits per heavy atom. The number of hydrogen-bond donors (Lipinski definition) is 1. The Morgan fingerprint density at radius 1 is 1.43 bits per heavy atom. The molecule has 5 nitrogen and oxygen atoms in total. The number of ether oxygens (including phenoxy) is 1. The maximum Gasteiger partial charge on any atom is 0.328 e. The van der Waals surface area contributed by atoms with Crippen molar-refractivity contribution in [1.82, 2.24) is 5.32 Å². The van der Waals surface area contributed by atoms with Gasteiger partial charge in [-0.3, -0.25) is 4.79 Å². The van der Waals surface area contributed by atoms with Crippen molar-refractivity contribution in [3.8, 4) is 0 Å². The predicted octanol–water partition coefficient (Wildman–Crippen LogP) is 2.56. The van der Waals surface area contributed by atoms with Gasteiger partial charge in [-0.1, -0.05) is 12.1 Å². The Balaban J connectivity index is 2.26. The van der Waals surface area contributed by atoms with E-state index in [2.05, 4.69) is 5.32 Å². The first-order valence-electron chi connectivity index (χ1n) is 6.60. The SMILES string of the molecule is CCOC(=O)C(C)NC(=O)c1oc2c(F)cccc2c1C. The van der Waals surface area contributed by atoms with Crippen molar-refractivity contribution in [3.63, 3.8) is 0 Å². The molecule has 2 aromatic rings. The Kier molecular flexibility index (Phi) is 4.26. The zero-order valence-electron chi connectivity index (χ0n) is 12.0. The van der Waals surface area contributed by atoms with Crippen LogP contribution in [0.1, 0.15) is 30.0 Å². The molecule has 0 radical (unpaired) electrons. The van der Waals surface area contributed by atoms with E-state index in [0.717, 1.165) is 0 Å². The van der Waals surface area contributed by atoms with Gasteiger partial charge in [-0.25, -0.2) is 9.18 Å². The van der Waals surface area contributed by atoms with Crippen LogP contribution in [0.25, 0.3) is 11.0 Å². The summed E-state index contributed by atoms with van der Waals surface area (Å²) in [6, 6.07) is 3.66. The van der Waals surface area contributed by atoms with E-state index in [1.807, 2.05) is 0 Å². The second-order valence-electron chi connectivity index (χ2n) is 4.62. The Hall–Kier alpha value is -2.37. The highest BCUT2D eigenvalue weighted by Crippen LogP contribution is 2.27. The van der Waals surface area contributed by atoms with Crippen LogP contribution in [0.5, 0.6) is 0 Å². The third kappa shape index (κ3) is 2.89. The fourth-order valence-corrected chi connectivity index (χ4v) is 2.01. The van der Waals surface area contributed by atoms with Crippen molar-refractivity contribution in [2.24, 2.45) is 0 Å². The van der Waals surface area contributed by atoms with Crippen LogP contribution in [0.15, 0.2) is 22.6 Å². The minimum absolute atomic E-state index is 0.00810. The molecule has 112 valence electrons. The summed E-state index contributed by atoms with van der Waals surface area (Å²) in [7, 11) is 0. The van der Waals surface area contributed by atoms with E-state index in [1.54, 1.807) is 26.0 Å². The first-order valence-corrected chi connectivity index (χ1v) is 6.60. The van der Waals surface area contributed by atoms with Crippen molar-refractivity contribution in [2.45, 2.75) is 26.8 Å². The number of nitrogens with one attached hydrogen (secondary N) is 1. The number of esters is 1. The third-order valence-electron chi connectivity index (χ3n) is 3.11. The molecular weight excluding hydrogens is 277 g/mol. The van der Waals surface area contributed by atoms with E-state index in [4.69, 9.17) is 9.15 Å². The summed E-state index contributed by atoms with van der Waals surface area (Å²) < 4.78 is 23.7. The topological polar surface area (TPSA) is 68.5 Å². The van der Waals surface area contributed by atoms with Gasteiger partial charge < -0.3 is 14.5 Å². The maximum absolute atomic E-state index is 13.6. The molecule has 1 aromatic carbocycles. The highest BCUT2D eigenvalue weighted by molar-refractivity contribution is 6.00. The fraction of sp³-hybridized carbons (Fsp3) is 0.333. The summed E-state index contributed by atoms with van der Waals surface area (Å²) in [6.45, 7) is 5.08. The number of hydrogen-bond acceptors (Lipinski definition) is 4. The van der Waals surface area contributed by atoms with E-state index in [9.17, 15) is 14.0 Å². The number of furan rings is 1.